The van der Waals surface area contributed by atoms with E-state index in [1.54, 1.807) is 12.4 Å². The summed E-state index contributed by atoms with van der Waals surface area (Å²) in [7, 11) is 3.97. The summed E-state index contributed by atoms with van der Waals surface area (Å²) in [6.45, 7) is 0.901. The highest BCUT2D eigenvalue weighted by Crippen LogP contribution is 2.45. The molecule has 0 radical (unpaired) electrons. The van der Waals surface area contributed by atoms with Crippen molar-refractivity contribution in [2.75, 3.05) is 27.2 Å². The maximum absolute atomic E-state index is 7.51. The van der Waals surface area contributed by atoms with Gasteiger partial charge in [-0.3, -0.25) is 10.3 Å². The molecular formula is C24H23N5O2. The number of rotatable bonds is 4. The van der Waals surface area contributed by atoms with E-state index in [1.807, 2.05) is 49.3 Å². The molecule has 0 spiro atoms. The Labute approximate surface area is 181 Å². The lowest BCUT2D eigenvalue weighted by Gasteiger charge is -2.28. The molecule has 0 aliphatic carbocycles. The SMILES string of the molecule is CN(C)CC#Cc1ccc2c(c1)[C@H](COC(=N)N)c1cc(-c3cncnc3)ccc1O2. The van der Waals surface area contributed by atoms with Crippen LogP contribution in [0.1, 0.15) is 22.6 Å². The molecule has 1 aliphatic heterocycles. The third-order valence-electron chi connectivity index (χ3n) is 4.92. The van der Waals surface area contributed by atoms with Gasteiger partial charge in [-0.05, 0) is 50.0 Å². The van der Waals surface area contributed by atoms with Crippen LogP contribution in [0.3, 0.4) is 0 Å². The first kappa shape index (κ1) is 20.4. The smallest absolute Gasteiger partial charge is 0.279 e. The van der Waals surface area contributed by atoms with Gasteiger partial charge in [0.1, 0.15) is 24.4 Å². The summed E-state index contributed by atoms with van der Waals surface area (Å²) in [5.74, 6) is 7.69. The predicted octanol–water partition coefficient (Wildman–Crippen LogP) is 3.20. The first-order valence-electron chi connectivity index (χ1n) is 9.83. The number of aromatic nitrogens is 2. The van der Waals surface area contributed by atoms with E-state index in [0.717, 1.165) is 39.3 Å². The van der Waals surface area contributed by atoms with Crippen LogP contribution in [-0.4, -0.2) is 48.1 Å². The molecule has 2 heterocycles. The normalized spacial score (nSPS) is 14.0. The van der Waals surface area contributed by atoms with Gasteiger partial charge in [-0.2, -0.15) is 0 Å². The van der Waals surface area contributed by atoms with Gasteiger partial charge in [-0.25, -0.2) is 9.97 Å². The second-order valence-electron chi connectivity index (χ2n) is 7.50. The van der Waals surface area contributed by atoms with E-state index < -0.39 is 0 Å². The number of nitrogens with one attached hydrogen (secondary N) is 1. The van der Waals surface area contributed by atoms with Gasteiger partial charge in [0.25, 0.3) is 6.02 Å². The molecule has 1 aliphatic rings. The minimum Gasteiger partial charge on any atom is -0.465 e. The predicted molar refractivity (Wildman–Crippen MR) is 119 cm³/mol. The van der Waals surface area contributed by atoms with Crippen LogP contribution >= 0.6 is 0 Å². The summed E-state index contributed by atoms with van der Waals surface area (Å²) in [6.07, 6.45) is 5.04. The van der Waals surface area contributed by atoms with Crippen LogP contribution in [0.2, 0.25) is 0 Å². The molecule has 7 heteroatoms. The summed E-state index contributed by atoms with van der Waals surface area (Å²) in [6, 6.07) is 11.5. The topological polar surface area (TPSA) is 97.4 Å². The minimum atomic E-state index is -0.316. The van der Waals surface area contributed by atoms with Gasteiger partial charge in [-0.1, -0.05) is 17.9 Å². The fraction of sp³-hybridized carbons (Fsp3) is 0.208. The molecule has 4 rings (SSSR count). The van der Waals surface area contributed by atoms with E-state index in [0.29, 0.717) is 6.54 Å². The lowest BCUT2D eigenvalue weighted by Crippen LogP contribution is -2.21. The second-order valence-corrected chi connectivity index (χ2v) is 7.50. The van der Waals surface area contributed by atoms with E-state index in [9.17, 15) is 0 Å². The molecule has 1 atom stereocenters. The molecule has 156 valence electrons. The zero-order valence-corrected chi connectivity index (χ0v) is 17.4. The molecule has 7 nitrogen and oxygen atoms in total. The molecule has 0 amide bonds. The highest BCUT2D eigenvalue weighted by Gasteiger charge is 2.29. The highest BCUT2D eigenvalue weighted by atomic mass is 16.5. The van der Waals surface area contributed by atoms with Crippen molar-refractivity contribution in [1.82, 2.24) is 14.9 Å². The summed E-state index contributed by atoms with van der Waals surface area (Å²) in [5.41, 5.74) is 10.2. The van der Waals surface area contributed by atoms with E-state index in [2.05, 4.69) is 27.9 Å². The summed E-state index contributed by atoms with van der Waals surface area (Å²) in [5, 5.41) is 7.51. The Balaban J connectivity index is 1.75. The Kier molecular flexibility index (Phi) is 5.83. The number of benzene rings is 2. The molecule has 31 heavy (non-hydrogen) atoms. The van der Waals surface area contributed by atoms with Crippen LogP contribution in [0.25, 0.3) is 11.1 Å². The number of nitrogens with zero attached hydrogens (tertiary/aromatic N) is 3. The Morgan fingerprint density at radius 3 is 2.52 bits per heavy atom. The van der Waals surface area contributed by atoms with Gasteiger partial charge < -0.3 is 15.2 Å². The number of amidine groups is 1. The molecule has 0 unspecified atom stereocenters. The average Bonchev–Trinajstić information content (AvgIpc) is 2.76. The first-order valence-corrected chi connectivity index (χ1v) is 9.83. The molecule has 0 saturated carbocycles. The molecule has 0 bridgehead atoms. The zero-order valence-electron chi connectivity index (χ0n) is 17.4. The van der Waals surface area contributed by atoms with Gasteiger partial charge in [0, 0.05) is 34.6 Å². The van der Waals surface area contributed by atoms with Crippen molar-refractivity contribution < 1.29 is 9.47 Å². The third-order valence-corrected chi connectivity index (χ3v) is 4.92. The fourth-order valence-corrected chi connectivity index (χ4v) is 3.47. The van der Waals surface area contributed by atoms with Crippen molar-refractivity contribution >= 4 is 6.02 Å². The lowest BCUT2D eigenvalue weighted by atomic mass is 9.86. The number of fused-ring (bicyclic) bond motifs is 2. The van der Waals surface area contributed by atoms with Crippen LogP contribution in [0, 0.1) is 17.3 Å². The Bertz CT molecular complexity index is 1170. The number of ether oxygens (including phenoxy) is 2. The summed E-state index contributed by atoms with van der Waals surface area (Å²) >= 11 is 0. The monoisotopic (exact) mass is 413 g/mol. The van der Waals surface area contributed by atoms with Crippen LogP contribution in [0.4, 0.5) is 0 Å². The number of nitrogens with two attached hydrogens (primary N) is 1. The molecule has 2 aromatic carbocycles. The highest BCUT2D eigenvalue weighted by molar-refractivity contribution is 5.69. The van der Waals surface area contributed by atoms with Crippen molar-refractivity contribution in [2.45, 2.75) is 5.92 Å². The van der Waals surface area contributed by atoms with Crippen molar-refractivity contribution in [3.8, 4) is 34.5 Å². The standard InChI is InChI=1S/C24H23N5O2/c1-29(2)9-3-4-16-5-7-22-19(10-16)21(14-30-24(25)26)20-11-17(6-8-23(20)31-22)18-12-27-15-28-13-18/h5-8,10-13,15,21H,9,14H2,1-2H3,(H3,25,26)/t21-/m0/s1. The summed E-state index contributed by atoms with van der Waals surface area (Å²) in [4.78, 5) is 10.2. The number of hydrogen-bond acceptors (Lipinski definition) is 6. The van der Waals surface area contributed by atoms with E-state index in [1.165, 1.54) is 6.33 Å². The van der Waals surface area contributed by atoms with Gasteiger partial charge in [0.05, 0.1) is 12.5 Å². The first-order chi connectivity index (χ1) is 15.0. The van der Waals surface area contributed by atoms with Crippen LogP contribution in [-0.2, 0) is 4.74 Å². The Morgan fingerprint density at radius 2 is 1.81 bits per heavy atom. The van der Waals surface area contributed by atoms with Gasteiger partial charge in [0.2, 0.25) is 0 Å². The molecule has 0 fully saturated rings. The van der Waals surface area contributed by atoms with Crippen molar-refractivity contribution in [1.29, 1.82) is 5.41 Å². The van der Waals surface area contributed by atoms with Gasteiger partial charge in [0.15, 0.2) is 0 Å². The van der Waals surface area contributed by atoms with Gasteiger partial charge >= 0.3 is 0 Å². The lowest BCUT2D eigenvalue weighted by molar-refractivity contribution is 0.274. The van der Waals surface area contributed by atoms with E-state index >= 15 is 0 Å². The fourth-order valence-electron chi connectivity index (χ4n) is 3.47. The average molecular weight is 413 g/mol. The number of hydrogen-bond donors (Lipinski definition) is 2. The maximum atomic E-state index is 7.51. The Hall–Kier alpha value is -3.89. The van der Waals surface area contributed by atoms with Crippen molar-refractivity contribution in [3.63, 3.8) is 0 Å². The Morgan fingerprint density at radius 1 is 1.10 bits per heavy atom. The molecule has 0 saturated heterocycles. The van der Waals surface area contributed by atoms with Crippen LogP contribution in [0.5, 0.6) is 11.5 Å². The largest absolute Gasteiger partial charge is 0.465 e. The van der Waals surface area contributed by atoms with Gasteiger partial charge in [-0.15, -0.1) is 0 Å². The zero-order chi connectivity index (χ0) is 21.8. The second kappa shape index (κ2) is 8.86. The third kappa shape index (κ3) is 4.65. The molecule has 3 aromatic rings. The molecular weight excluding hydrogens is 390 g/mol. The van der Waals surface area contributed by atoms with Crippen molar-refractivity contribution in [2.24, 2.45) is 5.73 Å². The van der Waals surface area contributed by atoms with Crippen molar-refractivity contribution in [3.05, 3.63) is 71.8 Å². The summed E-state index contributed by atoms with van der Waals surface area (Å²) < 4.78 is 11.6. The van der Waals surface area contributed by atoms with E-state index in [4.69, 9.17) is 20.6 Å². The minimum absolute atomic E-state index is 0.164. The molecule has 3 N–H and O–H groups in total. The van der Waals surface area contributed by atoms with Crippen LogP contribution in [0.15, 0.2) is 55.1 Å². The maximum Gasteiger partial charge on any atom is 0.279 e. The van der Waals surface area contributed by atoms with E-state index in [-0.39, 0.29) is 18.5 Å². The van der Waals surface area contributed by atoms with Crippen LogP contribution < -0.4 is 10.5 Å². The molecule has 1 aromatic heterocycles. The quantitative estimate of drug-likeness (QED) is 0.387.